The molecule has 2 amide bonds. The lowest BCUT2D eigenvalue weighted by molar-refractivity contribution is 0.0302. The second kappa shape index (κ2) is 15.0. The van der Waals surface area contributed by atoms with Crippen molar-refractivity contribution >= 4 is 28.8 Å². The fourth-order valence-electron chi connectivity index (χ4n) is 4.42. The van der Waals surface area contributed by atoms with Gasteiger partial charge in [-0.2, -0.15) is 0 Å². The van der Waals surface area contributed by atoms with Crippen molar-refractivity contribution in [1.82, 2.24) is 15.6 Å². The van der Waals surface area contributed by atoms with Crippen LogP contribution in [0.3, 0.4) is 0 Å². The minimum atomic E-state index is -0.0636. The van der Waals surface area contributed by atoms with Crippen LogP contribution in [-0.4, -0.2) is 61.9 Å². The number of amides is 2. The molecule has 0 unspecified atom stereocenters. The third-order valence-corrected chi connectivity index (χ3v) is 6.89. The van der Waals surface area contributed by atoms with Crippen LogP contribution >= 0.6 is 0 Å². The molecular formula is C32H40N6O4. The number of ether oxygens (including phenoxy) is 2. The van der Waals surface area contributed by atoms with Crippen LogP contribution in [0.1, 0.15) is 53.0 Å². The molecule has 0 aromatic heterocycles. The van der Waals surface area contributed by atoms with Crippen LogP contribution in [0.4, 0.5) is 5.69 Å². The van der Waals surface area contributed by atoms with Gasteiger partial charge in [0.2, 0.25) is 0 Å². The van der Waals surface area contributed by atoms with Crippen molar-refractivity contribution in [2.75, 3.05) is 44.8 Å². The number of rotatable bonds is 13. The van der Waals surface area contributed by atoms with E-state index in [4.69, 9.17) is 15.3 Å². The Hall–Kier alpha value is -4.41. The van der Waals surface area contributed by atoms with Gasteiger partial charge in [-0.15, -0.1) is 0 Å². The molecule has 42 heavy (non-hydrogen) atoms. The maximum absolute atomic E-state index is 12.9. The lowest BCUT2D eigenvalue weighted by Gasteiger charge is -2.27. The molecule has 0 spiro atoms. The zero-order chi connectivity index (χ0) is 29.9. The number of carbonyl (C=O) groups is 2. The van der Waals surface area contributed by atoms with E-state index in [2.05, 4.69) is 27.6 Å². The molecule has 2 aromatic rings. The van der Waals surface area contributed by atoms with E-state index in [1.54, 1.807) is 41.4 Å². The van der Waals surface area contributed by atoms with Crippen LogP contribution in [0.25, 0.3) is 5.57 Å². The summed E-state index contributed by atoms with van der Waals surface area (Å²) in [5.41, 5.74) is 6.82. The molecule has 2 aromatic carbocycles. The van der Waals surface area contributed by atoms with E-state index in [1.807, 2.05) is 38.1 Å². The summed E-state index contributed by atoms with van der Waals surface area (Å²) in [4.78, 5) is 31.6. The Morgan fingerprint density at radius 2 is 1.79 bits per heavy atom. The van der Waals surface area contributed by atoms with Crippen molar-refractivity contribution in [3.63, 3.8) is 0 Å². The molecule has 2 fully saturated rings. The first-order valence-electron chi connectivity index (χ1n) is 14.3. The van der Waals surface area contributed by atoms with E-state index in [0.717, 1.165) is 17.7 Å². The minimum absolute atomic E-state index is 0.0501. The van der Waals surface area contributed by atoms with Crippen LogP contribution in [0.2, 0.25) is 0 Å². The molecule has 0 radical (unpaired) electrons. The summed E-state index contributed by atoms with van der Waals surface area (Å²) >= 11 is 0. The Morgan fingerprint density at radius 3 is 2.45 bits per heavy atom. The van der Waals surface area contributed by atoms with Gasteiger partial charge in [0.1, 0.15) is 11.6 Å². The molecule has 1 aliphatic heterocycles. The fraction of sp³-hybridized carbons (Fsp3) is 0.344. The Kier molecular flexibility index (Phi) is 10.9. The molecular weight excluding hydrogens is 532 g/mol. The zero-order valence-electron chi connectivity index (χ0n) is 24.3. The Bertz CT molecular complexity index is 1360. The van der Waals surface area contributed by atoms with Gasteiger partial charge >= 0.3 is 0 Å². The monoisotopic (exact) mass is 572 g/mol. The van der Waals surface area contributed by atoms with Crippen molar-refractivity contribution < 1.29 is 19.1 Å². The van der Waals surface area contributed by atoms with Crippen molar-refractivity contribution in [3.8, 4) is 5.75 Å². The molecule has 4 rings (SSSR count). The number of nitrogens with two attached hydrogens (primary N) is 1. The number of nitrogens with zero attached hydrogens (tertiary/aromatic N) is 2. The molecule has 0 bridgehead atoms. The van der Waals surface area contributed by atoms with E-state index in [9.17, 15) is 9.59 Å². The van der Waals surface area contributed by atoms with E-state index < -0.39 is 0 Å². The molecule has 2 aliphatic rings. The SMILES string of the molecule is C=C(/N=C(C)/C=C\C(=C/NN)c1ccc(C(=O)NCC2CC2)cc1)Nc1ccc(C(=O)N2CCOCC2)cc1OCC. The minimum Gasteiger partial charge on any atom is -0.492 e. The summed E-state index contributed by atoms with van der Waals surface area (Å²) in [6.07, 6.45) is 7.78. The molecule has 0 atom stereocenters. The Balaban J connectivity index is 1.39. The Labute approximate surface area is 247 Å². The van der Waals surface area contributed by atoms with Gasteiger partial charge in [-0.1, -0.05) is 24.8 Å². The van der Waals surface area contributed by atoms with Crippen molar-refractivity contribution in [3.05, 3.63) is 89.9 Å². The number of allylic oxidation sites excluding steroid dienone is 3. The van der Waals surface area contributed by atoms with Crippen molar-refractivity contribution in [1.29, 1.82) is 0 Å². The number of hydrazine groups is 1. The number of hydrogen-bond acceptors (Lipinski definition) is 8. The number of anilines is 1. The van der Waals surface area contributed by atoms with Gasteiger partial charge < -0.3 is 30.4 Å². The van der Waals surface area contributed by atoms with Crippen molar-refractivity contribution in [2.45, 2.75) is 26.7 Å². The third kappa shape index (κ3) is 8.79. The first kappa shape index (κ1) is 30.5. The summed E-state index contributed by atoms with van der Waals surface area (Å²) < 4.78 is 11.2. The summed E-state index contributed by atoms with van der Waals surface area (Å²) in [5.74, 6) is 7.05. The molecule has 1 aliphatic carbocycles. The zero-order valence-corrected chi connectivity index (χ0v) is 24.3. The normalized spacial score (nSPS) is 15.8. The lowest BCUT2D eigenvalue weighted by Crippen LogP contribution is -2.40. The van der Waals surface area contributed by atoms with Crippen LogP contribution in [0.15, 0.2) is 78.2 Å². The molecule has 1 saturated carbocycles. The van der Waals surface area contributed by atoms with Gasteiger partial charge in [0, 0.05) is 42.7 Å². The van der Waals surface area contributed by atoms with E-state index >= 15 is 0 Å². The third-order valence-electron chi connectivity index (χ3n) is 6.89. The second-order valence-corrected chi connectivity index (χ2v) is 10.2. The van der Waals surface area contributed by atoms with E-state index in [0.29, 0.717) is 72.9 Å². The first-order chi connectivity index (χ1) is 20.4. The number of aliphatic imine (C=N–C) groups is 1. The van der Waals surface area contributed by atoms with Crippen LogP contribution < -0.4 is 26.6 Å². The van der Waals surface area contributed by atoms with Gasteiger partial charge in [-0.3, -0.25) is 15.4 Å². The van der Waals surface area contributed by atoms with Crippen molar-refractivity contribution in [2.24, 2.45) is 16.8 Å². The highest BCUT2D eigenvalue weighted by atomic mass is 16.5. The maximum atomic E-state index is 12.9. The highest BCUT2D eigenvalue weighted by molar-refractivity contribution is 5.97. The van der Waals surface area contributed by atoms with Crippen LogP contribution in [0, 0.1) is 5.92 Å². The van der Waals surface area contributed by atoms with Gasteiger partial charge in [0.05, 0.1) is 25.5 Å². The predicted molar refractivity (Wildman–Crippen MR) is 166 cm³/mol. The first-order valence-corrected chi connectivity index (χ1v) is 14.3. The van der Waals surface area contributed by atoms with E-state index in [1.165, 1.54) is 12.8 Å². The number of benzene rings is 2. The molecule has 1 heterocycles. The summed E-state index contributed by atoms with van der Waals surface area (Å²) in [5, 5.41) is 6.17. The maximum Gasteiger partial charge on any atom is 0.254 e. The average Bonchev–Trinajstić information content (AvgIpc) is 3.84. The van der Waals surface area contributed by atoms with Crippen LogP contribution in [-0.2, 0) is 4.74 Å². The smallest absolute Gasteiger partial charge is 0.254 e. The fourth-order valence-corrected chi connectivity index (χ4v) is 4.42. The van der Waals surface area contributed by atoms with Gasteiger partial charge in [0.25, 0.3) is 11.8 Å². The highest BCUT2D eigenvalue weighted by Gasteiger charge is 2.22. The highest BCUT2D eigenvalue weighted by Crippen LogP contribution is 2.29. The number of nitrogens with one attached hydrogen (secondary N) is 3. The number of hydrogen-bond donors (Lipinski definition) is 4. The average molecular weight is 573 g/mol. The molecule has 5 N–H and O–H groups in total. The Morgan fingerprint density at radius 1 is 1.10 bits per heavy atom. The standard InChI is InChI=1S/C32H40N6O4/c1-4-42-30-19-27(32(40)38-15-17-41-18-16-38)13-14-29(30)37-23(3)36-22(2)5-8-28(21-35-33)25-9-11-26(12-10-25)31(39)34-20-24-6-7-24/h5,8-14,19,21,24,35,37H,3-4,6-7,15-18,20,33H2,1-2H3,(H,34,39)/b8-5-,28-21+,36-22+. The topological polar surface area (TPSA) is 130 Å². The largest absolute Gasteiger partial charge is 0.492 e. The molecule has 222 valence electrons. The molecule has 10 nitrogen and oxygen atoms in total. The van der Waals surface area contributed by atoms with Gasteiger partial charge in [-0.05, 0) is 80.2 Å². The van der Waals surface area contributed by atoms with E-state index in [-0.39, 0.29) is 11.8 Å². The molecule has 10 heteroatoms. The quantitative estimate of drug-likeness (QED) is 0.123. The number of morpholine rings is 1. The summed E-state index contributed by atoms with van der Waals surface area (Å²) in [7, 11) is 0. The lowest BCUT2D eigenvalue weighted by atomic mass is 10.0. The predicted octanol–water partition coefficient (Wildman–Crippen LogP) is 4.10. The van der Waals surface area contributed by atoms with Crippen LogP contribution in [0.5, 0.6) is 5.75 Å². The van der Waals surface area contributed by atoms with Gasteiger partial charge in [0.15, 0.2) is 0 Å². The van der Waals surface area contributed by atoms with Gasteiger partial charge in [-0.25, -0.2) is 4.99 Å². The summed E-state index contributed by atoms with van der Waals surface area (Å²) in [6, 6.07) is 12.7. The molecule has 1 saturated heterocycles. The number of carbonyl (C=O) groups excluding carboxylic acids is 2. The second-order valence-electron chi connectivity index (χ2n) is 10.2. The summed E-state index contributed by atoms with van der Waals surface area (Å²) in [6.45, 7) is 11.2.